The average Bonchev–Trinajstić information content (AvgIpc) is 2.61. The number of carbonyl (C=O) groups excluding carboxylic acids is 1. The number of amides is 1. The van der Waals surface area contributed by atoms with Crippen LogP contribution in [-0.2, 0) is 10.2 Å². The molecule has 1 aliphatic carbocycles. The number of hydrogen-bond donors (Lipinski definition) is 2. The smallest absolute Gasteiger partial charge is 0.230 e. The van der Waals surface area contributed by atoms with Crippen LogP contribution in [0.5, 0.6) is 0 Å². The highest BCUT2D eigenvalue weighted by atomic mass is 35.5. The van der Waals surface area contributed by atoms with Crippen molar-refractivity contribution in [3.63, 3.8) is 0 Å². The van der Waals surface area contributed by atoms with Crippen LogP contribution in [0.1, 0.15) is 56.1 Å². The minimum Gasteiger partial charge on any atom is -0.355 e. The first kappa shape index (κ1) is 19.3. The number of carbonyl (C=O) groups is 1. The fourth-order valence-electron chi connectivity index (χ4n) is 4.25. The van der Waals surface area contributed by atoms with E-state index in [4.69, 9.17) is 0 Å². The average molecular weight is 351 g/mol. The Morgan fingerprint density at radius 1 is 1.25 bits per heavy atom. The van der Waals surface area contributed by atoms with Gasteiger partial charge in [0.15, 0.2) is 0 Å². The monoisotopic (exact) mass is 350 g/mol. The molecule has 4 heteroatoms. The van der Waals surface area contributed by atoms with E-state index in [2.05, 4.69) is 41.8 Å². The van der Waals surface area contributed by atoms with Gasteiger partial charge in [0.2, 0.25) is 5.91 Å². The van der Waals surface area contributed by atoms with Crippen LogP contribution in [0.15, 0.2) is 24.3 Å². The van der Waals surface area contributed by atoms with Crippen LogP contribution in [0.2, 0.25) is 0 Å². The van der Waals surface area contributed by atoms with Crippen molar-refractivity contribution in [2.45, 2.75) is 57.3 Å². The highest BCUT2D eigenvalue weighted by molar-refractivity contribution is 5.88. The number of nitrogens with one attached hydrogen (secondary N) is 2. The molecule has 1 unspecified atom stereocenters. The summed E-state index contributed by atoms with van der Waals surface area (Å²) in [5, 5.41) is 6.74. The second-order valence-corrected chi connectivity index (χ2v) is 7.43. The molecular weight excluding hydrogens is 320 g/mol. The number of halogens is 1. The molecule has 134 valence electrons. The van der Waals surface area contributed by atoms with Gasteiger partial charge in [0.05, 0.1) is 5.41 Å². The van der Waals surface area contributed by atoms with E-state index in [1.54, 1.807) is 0 Å². The molecule has 1 aliphatic heterocycles. The predicted octanol–water partition coefficient (Wildman–Crippen LogP) is 3.73. The fourth-order valence-corrected chi connectivity index (χ4v) is 4.25. The van der Waals surface area contributed by atoms with E-state index >= 15 is 0 Å². The predicted molar refractivity (Wildman–Crippen MR) is 102 cm³/mol. The molecule has 1 amide bonds. The summed E-state index contributed by atoms with van der Waals surface area (Å²) in [6.07, 6.45) is 8.01. The molecule has 2 aliphatic rings. The number of piperidine rings is 1. The number of benzene rings is 1. The fraction of sp³-hybridized carbons (Fsp3) is 0.650. The second kappa shape index (κ2) is 8.87. The molecule has 0 aromatic heterocycles. The lowest BCUT2D eigenvalue weighted by atomic mass is 9.68. The van der Waals surface area contributed by atoms with Gasteiger partial charge in [-0.15, -0.1) is 12.4 Å². The van der Waals surface area contributed by atoms with Crippen molar-refractivity contribution in [2.75, 3.05) is 19.6 Å². The van der Waals surface area contributed by atoms with Gasteiger partial charge in [0.25, 0.3) is 0 Å². The van der Waals surface area contributed by atoms with Crippen molar-refractivity contribution in [2.24, 2.45) is 5.92 Å². The van der Waals surface area contributed by atoms with E-state index in [0.29, 0.717) is 5.92 Å². The zero-order valence-corrected chi connectivity index (χ0v) is 15.6. The first-order valence-electron chi connectivity index (χ1n) is 9.27. The van der Waals surface area contributed by atoms with Gasteiger partial charge >= 0.3 is 0 Å². The lowest BCUT2D eigenvalue weighted by molar-refractivity contribution is -0.128. The normalized spacial score (nSPS) is 23.1. The summed E-state index contributed by atoms with van der Waals surface area (Å²) in [7, 11) is 0. The zero-order chi connectivity index (χ0) is 16.1. The van der Waals surface area contributed by atoms with Gasteiger partial charge in [-0.1, -0.05) is 49.1 Å². The van der Waals surface area contributed by atoms with Crippen LogP contribution < -0.4 is 10.6 Å². The van der Waals surface area contributed by atoms with Gasteiger partial charge < -0.3 is 10.6 Å². The molecule has 3 rings (SSSR count). The highest BCUT2D eigenvalue weighted by Crippen LogP contribution is 2.40. The summed E-state index contributed by atoms with van der Waals surface area (Å²) in [6.45, 7) is 5.10. The Morgan fingerprint density at radius 2 is 2.04 bits per heavy atom. The summed E-state index contributed by atoms with van der Waals surface area (Å²) >= 11 is 0. The van der Waals surface area contributed by atoms with E-state index in [-0.39, 0.29) is 23.7 Å². The molecule has 1 aromatic rings. The van der Waals surface area contributed by atoms with Gasteiger partial charge in [-0.3, -0.25) is 4.79 Å². The topological polar surface area (TPSA) is 41.1 Å². The quantitative estimate of drug-likeness (QED) is 0.868. The third kappa shape index (κ3) is 4.31. The van der Waals surface area contributed by atoms with Crippen molar-refractivity contribution in [3.05, 3.63) is 35.4 Å². The Balaban J connectivity index is 0.00000208. The highest BCUT2D eigenvalue weighted by Gasteiger charge is 2.41. The number of hydrogen-bond acceptors (Lipinski definition) is 2. The van der Waals surface area contributed by atoms with Crippen molar-refractivity contribution >= 4 is 18.3 Å². The lowest BCUT2D eigenvalue weighted by Crippen LogP contribution is -2.48. The Bertz CT molecular complexity index is 534. The maximum atomic E-state index is 13.1. The van der Waals surface area contributed by atoms with Gasteiger partial charge in [0.1, 0.15) is 0 Å². The molecule has 2 fully saturated rings. The standard InChI is InChI=1S/C20H30N2O.ClH/c1-16-7-5-9-18(13-16)20(10-3-2-4-11-20)19(23)22-15-17-8-6-12-21-14-17;/h5,7,9,13,17,21H,2-4,6,8,10-12,14-15H2,1H3,(H,22,23);1H. The van der Waals surface area contributed by atoms with Crippen molar-refractivity contribution in [1.29, 1.82) is 0 Å². The molecular formula is C20H31ClN2O. The first-order valence-corrected chi connectivity index (χ1v) is 9.27. The summed E-state index contributed by atoms with van der Waals surface area (Å²) in [4.78, 5) is 13.1. The van der Waals surface area contributed by atoms with Crippen LogP contribution in [-0.4, -0.2) is 25.5 Å². The Morgan fingerprint density at radius 3 is 2.71 bits per heavy atom. The van der Waals surface area contributed by atoms with Gasteiger partial charge in [-0.05, 0) is 57.2 Å². The van der Waals surface area contributed by atoms with E-state index in [9.17, 15) is 4.79 Å². The largest absolute Gasteiger partial charge is 0.355 e. The molecule has 1 aromatic carbocycles. The molecule has 1 atom stereocenters. The van der Waals surface area contributed by atoms with E-state index in [1.165, 1.54) is 30.4 Å². The number of aryl methyl sites for hydroxylation is 1. The Labute approximate surface area is 152 Å². The molecule has 1 saturated heterocycles. The second-order valence-electron chi connectivity index (χ2n) is 7.43. The van der Waals surface area contributed by atoms with Crippen LogP contribution in [0.3, 0.4) is 0 Å². The Kier molecular flexibility index (Phi) is 7.12. The molecule has 1 heterocycles. The summed E-state index contributed by atoms with van der Waals surface area (Å²) in [5.41, 5.74) is 2.17. The molecule has 0 spiro atoms. The maximum absolute atomic E-state index is 13.1. The van der Waals surface area contributed by atoms with Crippen molar-refractivity contribution in [3.8, 4) is 0 Å². The van der Waals surface area contributed by atoms with Crippen molar-refractivity contribution < 1.29 is 4.79 Å². The van der Waals surface area contributed by atoms with Crippen molar-refractivity contribution in [1.82, 2.24) is 10.6 Å². The molecule has 1 saturated carbocycles. The van der Waals surface area contributed by atoms with Crippen LogP contribution in [0, 0.1) is 12.8 Å². The molecule has 0 bridgehead atoms. The molecule has 24 heavy (non-hydrogen) atoms. The minimum absolute atomic E-state index is 0. The SMILES string of the molecule is Cc1cccc(C2(C(=O)NCC3CCCNC3)CCCCC2)c1.Cl. The third-order valence-corrected chi connectivity index (χ3v) is 5.66. The van der Waals surface area contributed by atoms with Gasteiger partial charge in [-0.25, -0.2) is 0 Å². The summed E-state index contributed by atoms with van der Waals surface area (Å²) in [5.74, 6) is 0.847. The number of rotatable bonds is 4. The zero-order valence-electron chi connectivity index (χ0n) is 14.8. The van der Waals surface area contributed by atoms with E-state index < -0.39 is 0 Å². The summed E-state index contributed by atoms with van der Waals surface area (Å²) < 4.78 is 0. The van der Waals surface area contributed by atoms with Crippen LogP contribution in [0.25, 0.3) is 0 Å². The summed E-state index contributed by atoms with van der Waals surface area (Å²) in [6, 6.07) is 8.58. The molecule has 2 N–H and O–H groups in total. The minimum atomic E-state index is -0.299. The van der Waals surface area contributed by atoms with E-state index in [0.717, 1.165) is 45.3 Å². The van der Waals surface area contributed by atoms with Crippen LogP contribution in [0.4, 0.5) is 0 Å². The lowest BCUT2D eigenvalue weighted by Gasteiger charge is -2.37. The van der Waals surface area contributed by atoms with E-state index in [1.807, 2.05) is 0 Å². The maximum Gasteiger partial charge on any atom is 0.230 e. The Hall–Kier alpha value is -1.06. The molecule has 0 radical (unpaired) electrons. The third-order valence-electron chi connectivity index (χ3n) is 5.66. The van der Waals surface area contributed by atoms with Gasteiger partial charge in [0, 0.05) is 6.54 Å². The van der Waals surface area contributed by atoms with Crippen LogP contribution >= 0.6 is 12.4 Å². The first-order chi connectivity index (χ1) is 11.2. The van der Waals surface area contributed by atoms with Gasteiger partial charge in [-0.2, -0.15) is 0 Å². The molecule has 3 nitrogen and oxygen atoms in total.